The Morgan fingerprint density at radius 3 is 2.30 bits per heavy atom. The molecule has 1 aliphatic heterocycles. The number of rotatable bonds is 2. The van der Waals surface area contributed by atoms with E-state index in [4.69, 9.17) is 14.2 Å². The summed E-state index contributed by atoms with van der Waals surface area (Å²) in [5.41, 5.74) is 0. The topological polar surface area (TPSA) is 44.8 Å². The Kier molecular flexibility index (Phi) is 1.92. The maximum Gasteiger partial charge on any atom is 0.329 e. The summed E-state index contributed by atoms with van der Waals surface area (Å²) in [7, 11) is 2.89. The Morgan fingerprint density at radius 1 is 1.50 bits per heavy atom. The molecule has 4 nitrogen and oxygen atoms in total. The molecule has 1 saturated heterocycles. The van der Waals surface area contributed by atoms with E-state index in [1.807, 2.05) is 0 Å². The van der Waals surface area contributed by atoms with E-state index in [0.29, 0.717) is 12.8 Å². The van der Waals surface area contributed by atoms with Crippen LogP contribution in [0.15, 0.2) is 0 Å². The Hall–Kier alpha value is -0.610. The zero-order chi connectivity index (χ0) is 7.61. The number of hydrogen-bond donors (Lipinski definition) is 0. The lowest BCUT2D eigenvalue weighted by atomic mass is 10.3. The number of carbonyl (C=O) groups excluding carboxylic acids is 1. The molecule has 1 fully saturated rings. The van der Waals surface area contributed by atoms with Gasteiger partial charge in [0.1, 0.15) is 0 Å². The molecule has 0 aromatic carbocycles. The summed E-state index contributed by atoms with van der Waals surface area (Å²) in [6.45, 7) is 0. The first-order valence-corrected chi connectivity index (χ1v) is 3.04. The SMILES string of the molecule is COC1(OC)CCC(=O)O1. The molecule has 10 heavy (non-hydrogen) atoms. The Labute approximate surface area is 59.1 Å². The monoisotopic (exact) mass is 146 g/mol. The Morgan fingerprint density at radius 2 is 2.10 bits per heavy atom. The van der Waals surface area contributed by atoms with Gasteiger partial charge in [-0.15, -0.1) is 0 Å². The van der Waals surface area contributed by atoms with Gasteiger partial charge in [-0.25, -0.2) is 0 Å². The third kappa shape index (κ3) is 1.12. The average Bonchev–Trinajstić information content (AvgIpc) is 2.33. The molecular formula is C6H10O4. The summed E-state index contributed by atoms with van der Waals surface area (Å²) in [5, 5.41) is 0. The lowest BCUT2D eigenvalue weighted by Gasteiger charge is -2.22. The second-order valence-electron chi connectivity index (χ2n) is 2.07. The highest BCUT2D eigenvalue weighted by molar-refractivity contribution is 5.71. The molecule has 1 heterocycles. The van der Waals surface area contributed by atoms with Crippen molar-refractivity contribution in [2.45, 2.75) is 18.8 Å². The molecule has 0 spiro atoms. The van der Waals surface area contributed by atoms with E-state index in [-0.39, 0.29) is 5.97 Å². The zero-order valence-corrected chi connectivity index (χ0v) is 6.05. The van der Waals surface area contributed by atoms with Crippen LogP contribution in [0.5, 0.6) is 0 Å². The van der Waals surface area contributed by atoms with Gasteiger partial charge in [-0.2, -0.15) is 0 Å². The van der Waals surface area contributed by atoms with Crippen LogP contribution < -0.4 is 0 Å². The van der Waals surface area contributed by atoms with Gasteiger partial charge in [-0.05, 0) is 0 Å². The molecule has 0 aromatic rings. The molecule has 1 aliphatic rings. The van der Waals surface area contributed by atoms with Gasteiger partial charge >= 0.3 is 11.9 Å². The van der Waals surface area contributed by atoms with Crippen LogP contribution in [0.4, 0.5) is 0 Å². The summed E-state index contributed by atoms with van der Waals surface area (Å²) < 4.78 is 14.5. The predicted molar refractivity (Wildman–Crippen MR) is 32.1 cm³/mol. The fourth-order valence-corrected chi connectivity index (χ4v) is 0.901. The van der Waals surface area contributed by atoms with Crippen LogP contribution in [0.2, 0.25) is 0 Å². The molecule has 0 bridgehead atoms. The van der Waals surface area contributed by atoms with Crippen LogP contribution in [0.25, 0.3) is 0 Å². The van der Waals surface area contributed by atoms with Crippen LogP contribution in [0, 0.1) is 0 Å². The zero-order valence-electron chi connectivity index (χ0n) is 6.05. The maximum absolute atomic E-state index is 10.6. The summed E-state index contributed by atoms with van der Waals surface area (Å²) >= 11 is 0. The van der Waals surface area contributed by atoms with Crippen LogP contribution in [0.3, 0.4) is 0 Å². The van der Waals surface area contributed by atoms with Crippen molar-refractivity contribution >= 4 is 5.97 Å². The minimum Gasteiger partial charge on any atom is -0.408 e. The van der Waals surface area contributed by atoms with E-state index in [9.17, 15) is 4.79 Å². The van der Waals surface area contributed by atoms with Crippen molar-refractivity contribution in [1.29, 1.82) is 0 Å². The van der Waals surface area contributed by atoms with Crippen molar-refractivity contribution in [3.8, 4) is 0 Å². The van der Waals surface area contributed by atoms with Crippen molar-refractivity contribution in [1.82, 2.24) is 0 Å². The molecule has 0 saturated carbocycles. The van der Waals surface area contributed by atoms with Crippen molar-refractivity contribution in [3.05, 3.63) is 0 Å². The molecule has 1 rings (SSSR count). The van der Waals surface area contributed by atoms with Gasteiger partial charge in [0.05, 0.1) is 12.8 Å². The minimum absolute atomic E-state index is 0.274. The summed E-state index contributed by atoms with van der Waals surface area (Å²) in [6.07, 6.45) is 0.834. The van der Waals surface area contributed by atoms with Crippen LogP contribution in [-0.4, -0.2) is 26.2 Å². The first-order chi connectivity index (χ1) is 4.72. The normalized spacial score (nSPS) is 22.8. The highest BCUT2D eigenvalue weighted by Crippen LogP contribution is 2.27. The number of methoxy groups -OCH3 is 2. The highest BCUT2D eigenvalue weighted by Gasteiger charge is 2.41. The number of hydrogen-bond acceptors (Lipinski definition) is 4. The van der Waals surface area contributed by atoms with Gasteiger partial charge in [0.2, 0.25) is 0 Å². The molecule has 0 unspecified atom stereocenters. The molecule has 4 heteroatoms. The standard InChI is InChI=1S/C6H10O4/c1-8-6(9-2)4-3-5(7)10-6/h3-4H2,1-2H3. The van der Waals surface area contributed by atoms with Gasteiger partial charge in [0, 0.05) is 14.2 Å². The minimum atomic E-state index is -1.10. The number of ether oxygens (including phenoxy) is 3. The lowest BCUT2D eigenvalue weighted by molar-refractivity contribution is -0.328. The first kappa shape index (κ1) is 7.50. The van der Waals surface area contributed by atoms with Crippen molar-refractivity contribution in [2.24, 2.45) is 0 Å². The van der Waals surface area contributed by atoms with Crippen LogP contribution in [0.1, 0.15) is 12.8 Å². The number of cyclic esters (lactones) is 1. The Bertz CT molecular complexity index is 139. The van der Waals surface area contributed by atoms with Crippen molar-refractivity contribution < 1.29 is 19.0 Å². The quantitative estimate of drug-likeness (QED) is 0.414. The number of esters is 1. The second kappa shape index (κ2) is 2.56. The molecule has 0 N–H and O–H groups in total. The van der Waals surface area contributed by atoms with Gasteiger partial charge in [-0.1, -0.05) is 0 Å². The van der Waals surface area contributed by atoms with E-state index < -0.39 is 5.97 Å². The fourth-order valence-electron chi connectivity index (χ4n) is 0.901. The van der Waals surface area contributed by atoms with Crippen LogP contribution >= 0.6 is 0 Å². The van der Waals surface area contributed by atoms with E-state index in [0.717, 1.165) is 0 Å². The molecular weight excluding hydrogens is 136 g/mol. The fraction of sp³-hybridized carbons (Fsp3) is 0.833. The molecule has 58 valence electrons. The van der Waals surface area contributed by atoms with E-state index in [1.165, 1.54) is 14.2 Å². The third-order valence-corrected chi connectivity index (χ3v) is 1.53. The van der Waals surface area contributed by atoms with Crippen molar-refractivity contribution in [3.63, 3.8) is 0 Å². The highest BCUT2D eigenvalue weighted by atomic mass is 16.9. The predicted octanol–water partition coefficient (Wildman–Crippen LogP) is 0.270. The van der Waals surface area contributed by atoms with E-state index >= 15 is 0 Å². The molecule has 0 atom stereocenters. The maximum atomic E-state index is 10.6. The van der Waals surface area contributed by atoms with Crippen LogP contribution in [-0.2, 0) is 19.0 Å². The molecule has 0 amide bonds. The first-order valence-electron chi connectivity index (χ1n) is 3.04. The van der Waals surface area contributed by atoms with Gasteiger partial charge in [0.25, 0.3) is 0 Å². The molecule has 0 aromatic heterocycles. The number of carbonyl (C=O) groups is 1. The van der Waals surface area contributed by atoms with Crippen molar-refractivity contribution in [2.75, 3.05) is 14.2 Å². The smallest absolute Gasteiger partial charge is 0.329 e. The van der Waals surface area contributed by atoms with E-state index in [2.05, 4.69) is 0 Å². The van der Waals surface area contributed by atoms with Gasteiger partial charge < -0.3 is 14.2 Å². The summed E-state index contributed by atoms with van der Waals surface area (Å²) in [6, 6.07) is 0. The Balaban J connectivity index is 2.59. The largest absolute Gasteiger partial charge is 0.408 e. The lowest BCUT2D eigenvalue weighted by Crippen LogP contribution is -2.32. The second-order valence-corrected chi connectivity index (χ2v) is 2.07. The van der Waals surface area contributed by atoms with Gasteiger partial charge in [0.15, 0.2) is 0 Å². The van der Waals surface area contributed by atoms with E-state index in [1.54, 1.807) is 0 Å². The average molecular weight is 146 g/mol. The van der Waals surface area contributed by atoms with Gasteiger partial charge in [-0.3, -0.25) is 4.79 Å². The molecule has 0 aliphatic carbocycles. The third-order valence-electron chi connectivity index (χ3n) is 1.53. The summed E-state index contributed by atoms with van der Waals surface area (Å²) in [5.74, 6) is -1.37. The summed E-state index contributed by atoms with van der Waals surface area (Å²) in [4.78, 5) is 10.6. The molecule has 0 radical (unpaired) electrons.